The van der Waals surface area contributed by atoms with Gasteiger partial charge < -0.3 is 15.1 Å². The second kappa shape index (κ2) is 4.84. The van der Waals surface area contributed by atoms with Crippen molar-refractivity contribution in [3.63, 3.8) is 0 Å². The number of phenolic OH excluding ortho intramolecular Hbond substituents is 1. The van der Waals surface area contributed by atoms with Gasteiger partial charge in [0.1, 0.15) is 5.75 Å². The number of nitrogens with zero attached hydrogens (tertiary/aromatic N) is 1. The van der Waals surface area contributed by atoms with Crippen LogP contribution in [0.25, 0.3) is 0 Å². The molecule has 1 aliphatic heterocycles. The molecule has 5 heteroatoms. The Kier molecular flexibility index (Phi) is 3.41. The number of alkyl halides is 1. The van der Waals surface area contributed by atoms with E-state index in [1.165, 1.54) is 0 Å². The third-order valence-corrected chi connectivity index (χ3v) is 3.36. The zero-order chi connectivity index (χ0) is 13.2. The van der Waals surface area contributed by atoms with Crippen molar-refractivity contribution < 1.29 is 19.4 Å². The summed E-state index contributed by atoms with van der Waals surface area (Å²) in [5, 5.41) is 18.3. The lowest BCUT2D eigenvalue weighted by molar-refractivity contribution is -0.151. The van der Waals surface area contributed by atoms with Gasteiger partial charge in [0.25, 0.3) is 0 Å². The van der Waals surface area contributed by atoms with Gasteiger partial charge in [-0.2, -0.15) is 0 Å². The highest BCUT2D eigenvalue weighted by atomic mass is 19.1. The van der Waals surface area contributed by atoms with Crippen LogP contribution in [0.2, 0.25) is 0 Å². The SMILES string of the molecule is O=C(O)C1(F)CCCN(c2cccc(O)c2)CC1. The van der Waals surface area contributed by atoms with E-state index in [1.54, 1.807) is 18.2 Å². The Labute approximate surface area is 105 Å². The van der Waals surface area contributed by atoms with Gasteiger partial charge in [-0.15, -0.1) is 0 Å². The van der Waals surface area contributed by atoms with Crippen LogP contribution in [0.5, 0.6) is 5.75 Å². The summed E-state index contributed by atoms with van der Waals surface area (Å²) >= 11 is 0. The first-order valence-corrected chi connectivity index (χ1v) is 5.97. The normalized spacial score (nSPS) is 24.6. The van der Waals surface area contributed by atoms with Crippen LogP contribution >= 0.6 is 0 Å². The van der Waals surface area contributed by atoms with Gasteiger partial charge in [0.15, 0.2) is 0 Å². The Hall–Kier alpha value is -1.78. The fourth-order valence-electron chi connectivity index (χ4n) is 2.26. The predicted molar refractivity (Wildman–Crippen MR) is 65.6 cm³/mol. The molecule has 1 fully saturated rings. The molecule has 2 rings (SSSR count). The average Bonchev–Trinajstić information content (AvgIpc) is 2.52. The van der Waals surface area contributed by atoms with Crippen LogP contribution in [-0.2, 0) is 4.79 Å². The first-order valence-electron chi connectivity index (χ1n) is 5.97. The molecular formula is C13H16FNO3. The fourth-order valence-corrected chi connectivity index (χ4v) is 2.26. The van der Waals surface area contributed by atoms with Gasteiger partial charge in [0, 0.05) is 31.3 Å². The Morgan fingerprint density at radius 3 is 2.78 bits per heavy atom. The molecule has 4 nitrogen and oxygen atoms in total. The van der Waals surface area contributed by atoms with Gasteiger partial charge in [-0.25, -0.2) is 9.18 Å². The van der Waals surface area contributed by atoms with Gasteiger partial charge in [-0.3, -0.25) is 0 Å². The molecule has 1 aromatic rings. The highest BCUT2D eigenvalue weighted by Gasteiger charge is 2.40. The van der Waals surface area contributed by atoms with Crippen molar-refractivity contribution in [2.24, 2.45) is 0 Å². The molecule has 98 valence electrons. The number of carbonyl (C=O) groups is 1. The van der Waals surface area contributed by atoms with E-state index in [0.29, 0.717) is 19.5 Å². The van der Waals surface area contributed by atoms with Crippen LogP contribution in [0.1, 0.15) is 19.3 Å². The van der Waals surface area contributed by atoms with E-state index < -0.39 is 11.6 Å². The quantitative estimate of drug-likeness (QED) is 0.848. The second-order valence-corrected chi connectivity index (χ2v) is 4.63. The average molecular weight is 253 g/mol. The molecule has 0 aliphatic carbocycles. The molecule has 0 spiro atoms. The van der Waals surface area contributed by atoms with Gasteiger partial charge in [-0.1, -0.05) is 6.07 Å². The van der Waals surface area contributed by atoms with Crippen molar-refractivity contribution >= 4 is 11.7 Å². The van der Waals surface area contributed by atoms with E-state index in [-0.39, 0.29) is 18.6 Å². The molecular weight excluding hydrogens is 237 g/mol. The maximum atomic E-state index is 14.0. The first kappa shape index (κ1) is 12.7. The Bertz CT molecular complexity index is 452. The summed E-state index contributed by atoms with van der Waals surface area (Å²) in [6.07, 6.45) is 0.494. The molecule has 1 heterocycles. The smallest absolute Gasteiger partial charge is 0.341 e. The van der Waals surface area contributed by atoms with E-state index in [2.05, 4.69) is 0 Å². The monoisotopic (exact) mass is 253 g/mol. The first-order chi connectivity index (χ1) is 8.51. The van der Waals surface area contributed by atoms with Crippen LogP contribution < -0.4 is 4.90 Å². The lowest BCUT2D eigenvalue weighted by Gasteiger charge is -2.23. The molecule has 0 radical (unpaired) electrons. The number of phenols is 1. The molecule has 1 aromatic carbocycles. The Morgan fingerprint density at radius 2 is 2.11 bits per heavy atom. The van der Waals surface area contributed by atoms with Crippen LogP contribution in [0.15, 0.2) is 24.3 Å². The Balaban J connectivity index is 2.12. The van der Waals surface area contributed by atoms with Crippen molar-refractivity contribution in [1.82, 2.24) is 0 Å². The van der Waals surface area contributed by atoms with Crippen molar-refractivity contribution in [2.75, 3.05) is 18.0 Å². The number of hydrogen-bond acceptors (Lipinski definition) is 3. The van der Waals surface area contributed by atoms with E-state index >= 15 is 0 Å². The van der Waals surface area contributed by atoms with Gasteiger partial charge in [-0.05, 0) is 25.0 Å². The van der Waals surface area contributed by atoms with Gasteiger partial charge in [0.2, 0.25) is 5.67 Å². The second-order valence-electron chi connectivity index (χ2n) is 4.63. The van der Waals surface area contributed by atoms with Crippen molar-refractivity contribution in [3.05, 3.63) is 24.3 Å². The molecule has 0 bridgehead atoms. The summed E-state index contributed by atoms with van der Waals surface area (Å²) in [4.78, 5) is 12.8. The Morgan fingerprint density at radius 1 is 1.33 bits per heavy atom. The lowest BCUT2D eigenvalue weighted by atomic mass is 9.97. The summed E-state index contributed by atoms with van der Waals surface area (Å²) < 4.78 is 14.0. The molecule has 1 atom stereocenters. The summed E-state index contributed by atoms with van der Waals surface area (Å²) in [5.74, 6) is -1.22. The standard InChI is InChI=1S/C13H16FNO3/c14-13(12(17)18)5-2-7-15(8-6-13)10-3-1-4-11(16)9-10/h1,3-4,9,16H,2,5-8H2,(H,17,18). The largest absolute Gasteiger partial charge is 0.508 e. The molecule has 0 amide bonds. The number of carboxylic acid groups (broad SMARTS) is 1. The summed E-state index contributed by atoms with van der Waals surface area (Å²) in [7, 11) is 0. The zero-order valence-electron chi connectivity index (χ0n) is 9.97. The number of rotatable bonds is 2. The number of aliphatic carboxylic acids is 1. The number of hydrogen-bond donors (Lipinski definition) is 2. The molecule has 0 saturated carbocycles. The third kappa shape index (κ3) is 2.55. The lowest BCUT2D eigenvalue weighted by Crippen LogP contribution is -2.35. The van der Waals surface area contributed by atoms with E-state index in [4.69, 9.17) is 5.11 Å². The number of anilines is 1. The summed E-state index contributed by atoms with van der Waals surface area (Å²) in [6.45, 7) is 0.939. The third-order valence-electron chi connectivity index (χ3n) is 3.36. The van der Waals surface area contributed by atoms with E-state index in [9.17, 15) is 14.3 Å². The molecule has 1 unspecified atom stereocenters. The highest BCUT2D eigenvalue weighted by molar-refractivity contribution is 5.77. The number of aromatic hydroxyl groups is 1. The van der Waals surface area contributed by atoms with Crippen LogP contribution in [-0.4, -0.2) is 34.9 Å². The topological polar surface area (TPSA) is 60.8 Å². The van der Waals surface area contributed by atoms with Crippen molar-refractivity contribution in [2.45, 2.75) is 24.9 Å². The maximum absolute atomic E-state index is 14.0. The highest BCUT2D eigenvalue weighted by Crippen LogP contribution is 2.30. The number of benzene rings is 1. The summed E-state index contributed by atoms with van der Waals surface area (Å²) in [6, 6.07) is 6.71. The van der Waals surface area contributed by atoms with Crippen LogP contribution in [0.4, 0.5) is 10.1 Å². The maximum Gasteiger partial charge on any atom is 0.341 e. The van der Waals surface area contributed by atoms with Gasteiger partial charge >= 0.3 is 5.97 Å². The summed E-state index contributed by atoms with van der Waals surface area (Å²) in [5.41, 5.74) is -1.32. The fraction of sp³-hybridized carbons (Fsp3) is 0.462. The van der Waals surface area contributed by atoms with E-state index in [0.717, 1.165) is 5.69 Å². The van der Waals surface area contributed by atoms with Crippen molar-refractivity contribution in [1.29, 1.82) is 0 Å². The number of halogens is 1. The molecule has 18 heavy (non-hydrogen) atoms. The minimum absolute atomic E-state index is 0.0298. The minimum Gasteiger partial charge on any atom is -0.508 e. The predicted octanol–water partition coefficient (Wildman–Crippen LogP) is 2.18. The molecule has 0 aromatic heterocycles. The van der Waals surface area contributed by atoms with Gasteiger partial charge in [0.05, 0.1) is 0 Å². The molecule has 1 saturated heterocycles. The van der Waals surface area contributed by atoms with E-state index in [1.807, 2.05) is 11.0 Å². The number of carboxylic acids is 1. The van der Waals surface area contributed by atoms with Crippen molar-refractivity contribution in [3.8, 4) is 5.75 Å². The minimum atomic E-state index is -2.12. The molecule has 2 N–H and O–H groups in total. The van der Waals surface area contributed by atoms with Crippen LogP contribution in [0, 0.1) is 0 Å². The van der Waals surface area contributed by atoms with Crippen LogP contribution in [0.3, 0.4) is 0 Å². The zero-order valence-corrected chi connectivity index (χ0v) is 9.97. The molecule has 1 aliphatic rings.